The van der Waals surface area contributed by atoms with E-state index in [1.807, 2.05) is 16.9 Å². The zero-order chi connectivity index (χ0) is 15.2. The van der Waals surface area contributed by atoms with Crippen molar-refractivity contribution in [2.75, 3.05) is 6.54 Å². The van der Waals surface area contributed by atoms with E-state index in [4.69, 9.17) is 0 Å². The summed E-state index contributed by atoms with van der Waals surface area (Å²) >= 11 is 0. The Labute approximate surface area is 130 Å². The lowest BCUT2D eigenvalue weighted by atomic mass is 10.0. The Morgan fingerprint density at radius 2 is 2.14 bits per heavy atom. The summed E-state index contributed by atoms with van der Waals surface area (Å²) in [5.74, 6) is 0. The molecule has 1 aliphatic rings. The van der Waals surface area contributed by atoms with Crippen LogP contribution < -0.4 is 10.6 Å². The van der Waals surface area contributed by atoms with Crippen LogP contribution in [0.4, 0.5) is 4.79 Å². The minimum atomic E-state index is -0.0865. The summed E-state index contributed by atoms with van der Waals surface area (Å²) in [6, 6.07) is 10.5. The number of rotatable bonds is 4. The molecule has 0 saturated heterocycles. The molecule has 0 fully saturated rings. The van der Waals surface area contributed by atoms with E-state index in [-0.39, 0.29) is 12.1 Å². The number of nitrogens with zero attached hydrogens (tertiary/aromatic N) is 2. The minimum absolute atomic E-state index is 0.0865. The lowest BCUT2D eigenvalue weighted by Gasteiger charge is -2.17. The molecule has 1 heterocycles. The third-order valence-corrected chi connectivity index (χ3v) is 4.10. The van der Waals surface area contributed by atoms with Crippen molar-refractivity contribution < 1.29 is 4.79 Å². The Morgan fingerprint density at radius 1 is 1.27 bits per heavy atom. The number of hydrogen-bond acceptors (Lipinski definition) is 2. The highest BCUT2D eigenvalue weighted by atomic mass is 16.2. The number of carbonyl (C=O) groups is 1. The quantitative estimate of drug-likeness (QED) is 0.850. The summed E-state index contributed by atoms with van der Waals surface area (Å²) in [6.45, 7) is 1.27. The van der Waals surface area contributed by atoms with Gasteiger partial charge in [0.05, 0.1) is 6.54 Å². The molecule has 0 bridgehead atoms. The Bertz CT molecular complexity index is 609. The van der Waals surface area contributed by atoms with Gasteiger partial charge in [-0.1, -0.05) is 24.3 Å². The van der Waals surface area contributed by atoms with Gasteiger partial charge in [-0.3, -0.25) is 4.68 Å². The molecule has 5 nitrogen and oxygen atoms in total. The molecule has 3 rings (SSSR count). The number of aryl methyl sites for hydroxylation is 1. The monoisotopic (exact) mass is 298 g/mol. The lowest BCUT2D eigenvalue weighted by Crippen LogP contribution is -2.43. The van der Waals surface area contributed by atoms with Crippen molar-refractivity contribution >= 4 is 6.03 Å². The number of amides is 2. The van der Waals surface area contributed by atoms with Gasteiger partial charge in [0.25, 0.3) is 0 Å². The molecule has 0 radical (unpaired) electrons. The van der Waals surface area contributed by atoms with Crippen LogP contribution in [-0.4, -0.2) is 28.4 Å². The van der Waals surface area contributed by atoms with Crippen molar-refractivity contribution in [3.63, 3.8) is 0 Å². The first kappa shape index (κ1) is 14.6. The third kappa shape index (κ3) is 3.87. The van der Waals surface area contributed by atoms with Crippen molar-refractivity contribution in [2.24, 2.45) is 0 Å². The van der Waals surface area contributed by atoms with Gasteiger partial charge in [-0.05, 0) is 42.9 Å². The maximum Gasteiger partial charge on any atom is 0.315 e. The molecule has 1 aromatic carbocycles. The Kier molecular flexibility index (Phi) is 4.73. The fraction of sp³-hybridized carbons (Fsp3) is 0.412. The van der Waals surface area contributed by atoms with Gasteiger partial charge < -0.3 is 10.6 Å². The highest BCUT2D eigenvalue weighted by Gasteiger charge is 2.17. The maximum absolute atomic E-state index is 12.0. The zero-order valence-corrected chi connectivity index (χ0v) is 12.7. The van der Waals surface area contributed by atoms with E-state index >= 15 is 0 Å². The second-order valence-corrected chi connectivity index (χ2v) is 5.73. The van der Waals surface area contributed by atoms with Gasteiger partial charge in [-0.2, -0.15) is 5.10 Å². The number of urea groups is 1. The number of aromatic nitrogens is 2. The topological polar surface area (TPSA) is 59.0 Å². The molecule has 2 aromatic rings. The average Bonchev–Trinajstić information content (AvgIpc) is 2.94. The summed E-state index contributed by atoms with van der Waals surface area (Å²) in [5, 5.41) is 10.1. The van der Waals surface area contributed by atoms with Gasteiger partial charge in [0.2, 0.25) is 0 Å². The molecule has 1 atom stereocenters. The maximum atomic E-state index is 12.0. The van der Waals surface area contributed by atoms with Gasteiger partial charge in [-0.15, -0.1) is 0 Å². The van der Waals surface area contributed by atoms with Crippen LogP contribution in [0.2, 0.25) is 0 Å². The van der Waals surface area contributed by atoms with Crippen LogP contribution in [0.3, 0.4) is 0 Å². The van der Waals surface area contributed by atoms with E-state index in [0.29, 0.717) is 13.1 Å². The van der Waals surface area contributed by atoms with E-state index in [0.717, 1.165) is 25.7 Å². The third-order valence-electron chi connectivity index (χ3n) is 4.10. The van der Waals surface area contributed by atoms with E-state index in [1.54, 1.807) is 6.20 Å². The predicted octanol–water partition coefficient (Wildman–Crippen LogP) is 2.13. The predicted molar refractivity (Wildman–Crippen MR) is 85.6 cm³/mol. The van der Waals surface area contributed by atoms with Gasteiger partial charge in [-0.25, -0.2) is 4.79 Å². The first-order valence-electron chi connectivity index (χ1n) is 7.90. The molecule has 1 aromatic heterocycles. The number of carbonyl (C=O) groups excluding carboxylic acids is 1. The second kappa shape index (κ2) is 7.11. The summed E-state index contributed by atoms with van der Waals surface area (Å²) < 4.78 is 1.81. The molecule has 0 aliphatic heterocycles. The van der Waals surface area contributed by atoms with Gasteiger partial charge in [0.1, 0.15) is 0 Å². The molecule has 1 aliphatic carbocycles. The van der Waals surface area contributed by atoms with Crippen LogP contribution >= 0.6 is 0 Å². The fourth-order valence-corrected chi connectivity index (χ4v) is 2.98. The van der Waals surface area contributed by atoms with Crippen molar-refractivity contribution in [1.29, 1.82) is 0 Å². The molecule has 1 unspecified atom stereocenters. The smallest absolute Gasteiger partial charge is 0.315 e. The Morgan fingerprint density at radius 3 is 2.95 bits per heavy atom. The summed E-state index contributed by atoms with van der Waals surface area (Å²) in [5.41, 5.74) is 2.78. The lowest BCUT2D eigenvalue weighted by molar-refractivity contribution is 0.235. The van der Waals surface area contributed by atoms with E-state index in [2.05, 4.69) is 40.0 Å². The van der Waals surface area contributed by atoms with E-state index in [9.17, 15) is 4.79 Å². The van der Waals surface area contributed by atoms with Crippen molar-refractivity contribution in [3.05, 3.63) is 53.9 Å². The minimum Gasteiger partial charge on any atom is -0.336 e. The SMILES string of the molecule is O=C(NCCn1cccn1)NC1CCCc2ccccc2C1. The molecular formula is C17H22N4O. The molecular weight excluding hydrogens is 276 g/mol. The highest BCUT2D eigenvalue weighted by molar-refractivity contribution is 5.74. The summed E-state index contributed by atoms with van der Waals surface area (Å²) in [4.78, 5) is 12.0. The van der Waals surface area contributed by atoms with E-state index in [1.165, 1.54) is 11.1 Å². The van der Waals surface area contributed by atoms with E-state index < -0.39 is 0 Å². The second-order valence-electron chi connectivity index (χ2n) is 5.73. The Hall–Kier alpha value is -2.30. The molecule has 116 valence electrons. The molecule has 5 heteroatoms. The molecule has 2 N–H and O–H groups in total. The van der Waals surface area contributed by atoms with Crippen LogP contribution in [0.1, 0.15) is 24.0 Å². The first-order chi connectivity index (χ1) is 10.8. The van der Waals surface area contributed by atoms with Crippen LogP contribution in [0.5, 0.6) is 0 Å². The highest BCUT2D eigenvalue weighted by Crippen LogP contribution is 2.20. The van der Waals surface area contributed by atoms with Gasteiger partial charge in [0, 0.05) is 25.0 Å². The molecule has 0 spiro atoms. The summed E-state index contributed by atoms with van der Waals surface area (Å²) in [7, 11) is 0. The van der Waals surface area contributed by atoms with Crippen LogP contribution in [0, 0.1) is 0 Å². The number of benzene rings is 1. The molecule has 0 saturated carbocycles. The zero-order valence-electron chi connectivity index (χ0n) is 12.7. The number of fused-ring (bicyclic) bond motifs is 1. The van der Waals surface area contributed by atoms with Crippen LogP contribution in [0.25, 0.3) is 0 Å². The van der Waals surface area contributed by atoms with Crippen LogP contribution in [0.15, 0.2) is 42.7 Å². The summed E-state index contributed by atoms with van der Waals surface area (Å²) in [6.07, 6.45) is 7.80. The Balaban J connectivity index is 1.47. The standard InChI is InChI=1S/C17H22N4O/c22-17(18-10-12-21-11-4-9-19-21)20-16-8-3-7-14-5-1-2-6-15(14)13-16/h1-2,4-6,9,11,16H,3,7-8,10,12-13H2,(H2,18,20,22). The average molecular weight is 298 g/mol. The number of hydrogen-bond donors (Lipinski definition) is 2. The molecule has 2 amide bonds. The van der Waals surface area contributed by atoms with Crippen molar-refractivity contribution in [2.45, 2.75) is 38.3 Å². The van der Waals surface area contributed by atoms with Gasteiger partial charge >= 0.3 is 6.03 Å². The van der Waals surface area contributed by atoms with Crippen molar-refractivity contribution in [3.8, 4) is 0 Å². The first-order valence-corrected chi connectivity index (χ1v) is 7.90. The normalized spacial score (nSPS) is 17.4. The van der Waals surface area contributed by atoms with Gasteiger partial charge in [0.15, 0.2) is 0 Å². The largest absolute Gasteiger partial charge is 0.336 e. The molecule has 22 heavy (non-hydrogen) atoms. The van der Waals surface area contributed by atoms with Crippen LogP contribution in [-0.2, 0) is 19.4 Å². The van der Waals surface area contributed by atoms with Crippen molar-refractivity contribution in [1.82, 2.24) is 20.4 Å². The number of nitrogens with one attached hydrogen (secondary N) is 2. The fourth-order valence-electron chi connectivity index (χ4n) is 2.98.